The van der Waals surface area contributed by atoms with Gasteiger partial charge in [-0.05, 0) is 6.32 Å². The first-order valence-corrected chi connectivity index (χ1v) is 4.85. The summed E-state index contributed by atoms with van der Waals surface area (Å²) in [6.07, 6.45) is 3.47. The standard InChI is InChI=1S/C9H19BO2/c1-5-6-7-10-11-8(12-10)9(2,3)4/h8H,5-7H2,1-4H3. The van der Waals surface area contributed by atoms with Crippen LogP contribution < -0.4 is 0 Å². The maximum Gasteiger partial charge on any atom is 0.460 e. The van der Waals surface area contributed by atoms with Crippen molar-refractivity contribution in [1.82, 2.24) is 0 Å². The second kappa shape index (κ2) is 3.80. The Hall–Kier alpha value is -0.0151. The smallest absolute Gasteiger partial charge is 0.386 e. The van der Waals surface area contributed by atoms with Gasteiger partial charge in [0.05, 0.1) is 0 Å². The topological polar surface area (TPSA) is 18.5 Å². The molecule has 2 nitrogen and oxygen atoms in total. The fraction of sp³-hybridized carbons (Fsp3) is 1.00. The minimum Gasteiger partial charge on any atom is -0.386 e. The third-order valence-electron chi connectivity index (χ3n) is 2.05. The zero-order valence-corrected chi connectivity index (χ0v) is 8.59. The second-order valence-corrected chi connectivity index (χ2v) is 4.54. The Balaban J connectivity index is 2.12. The summed E-state index contributed by atoms with van der Waals surface area (Å²) in [5.41, 5.74) is 0.128. The normalized spacial score (nSPS) is 19.5. The molecule has 0 unspecified atom stereocenters. The van der Waals surface area contributed by atoms with E-state index in [2.05, 4.69) is 27.7 Å². The van der Waals surface area contributed by atoms with Crippen molar-refractivity contribution in [3.63, 3.8) is 0 Å². The van der Waals surface area contributed by atoms with E-state index in [0.29, 0.717) is 0 Å². The first-order chi connectivity index (χ1) is 5.54. The Bertz CT molecular complexity index is 136. The van der Waals surface area contributed by atoms with Gasteiger partial charge in [-0.1, -0.05) is 40.5 Å². The van der Waals surface area contributed by atoms with Crippen LogP contribution in [0.4, 0.5) is 0 Å². The molecule has 0 N–H and O–H groups in total. The van der Waals surface area contributed by atoms with Crippen molar-refractivity contribution >= 4 is 7.12 Å². The van der Waals surface area contributed by atoms with E-state index < -0.39 is 0 Å². The van der Waals surface area contributed by atoms with Crippen molar-refractivity contribution in [3.05, 3.63) is 0 Å². The average molecular weight is 170 g/mol. The van der Waals surface area contributed by atoms with Gasteiger partial charge in [0.15, 0.2) is 0 Å². The Kier molecular flexibility index (Phi) is 3.19. The van der Waals surface area contributed by atoms with Crippen LogP contribution in [-0.2, 0) is 9.31 Å². The summed E-state index contributed by atoms with van der Waals surface area (Å²) in [4.78, 5) is 0. The largest absolute Gasteiger partial charge is 0.460 e. The van der Waals surface area contributed by atoms with Gasteiger partial charge in [-0.25, -0.2) is 0 Å². The highest BCUT2D eigenvalue weighted by atomic mass is 16.8. The van der Waals surface area contributed by atoms with Crippen molar-refractivity contribution in [2.45, 2.75) is 53.1 Å². The number of hydrogen-bond acceptors (Lipinski definition) is 2. The Morgan fingerprint density at radius 2 is 1.83 bits per heavy atom. The minimum atomic E-state index is 0.0133. The van der Waals surface area contributed by atoms with Crippen LogP contribution >= 0.6 is 0 Å². The van der Waals surface area contributed by atoms with Crippen molar-refractivity contribution < 1.29 is 9.31 Å². The van der Waals surface area contributed by atoms with Crippen LogP contribution in [0.5, 0.6) is 0 Å². The Morgan fingerprint density at radius 3 is 2.25 bits per heavy atom. The predicted molar refractivity (Wildman–Crippen MR) is 50.9 cm³/mol. The van der Waals surface area contributed by atoms with Crippen LogP contribution in [0.2, 0.25) is 6.32 Å². The Morgan fingerprint density at radius 1 is 1.25 bits per heavy atom. The molecule has 12 heavy (non-hydrogen) atoms. The van der Waals surface area contributed by atoms with Gasteiger partial charge in [-0.3, -0.25) is 0 Å². The minimum absolute atomic E-state index is 0.0133. The molecule has 0 saturated carbocycles. The van der Waals surface area contributed by atoms with Crippen LogP contribution in [0.15, 0.2) is 0 Å². The highest BCUT2D eigenvalue weighted by Gasteiger charge is 2.42. The highest BCUT2D eigenvalue weighted by molar-refractivity contribution is 6.46. The molecule has 0 radical (unpaired) electrons. The van der Waals surface area contributed by atoms with Crippen LogP contribution in [0.1, 0.15) is 40.5 Å². The molecule has 0 aromatic carbocycles. The fourth-order valence-corrected chi connectivity index (χ4v) is 1.20. The molecule has 0 amide bonds. The van der Waals surface area contributed by atoms with Gasteiger partial charge in [0, 0.05) is 5.41 Å². The summed E-state index contributed by atoms with van der Waals surface area (Å²) in [5.74, 6) is 0. The summed E-state index contributed by atoms with van der Waals surface area (Å²) in [5, 5.41) is 0. The lowest BCUT2D eigenvalue weighted by atomic mass is 9.76. The third-order valence-corrected chi connectivity index (χ3v) is 2.05. The molecule has 1 aliphatic rings. The van der Waals surface area contributed by atoms with Crippen LogP contribution in [0.3, 0.4) is 0 Å². The van der Waals surface area contributed by atoms with Crippen LogP contribution in [0, 0.1) is 5.41 Å². The zero-order chi connectivity index (χ0) is 9.19. The fourth-order valence-electron chi connectivity index (χ4n) is 1.20. The number of hydrogen-bond donors (Lipinski definition) is 0. The summed E-state index contributed by atoms with van der Waals surface area (Å²) in [6.45, 7) is 8.58. The van der Waals surface area contributed by atoms with E-state index in [1.165, 1.54) is 12.8 Å². The molecule has 1 heterocycles. The molecule has 0 aliphatic carbocycles. The van der Waals surface area contributed by atoms with Crippen molar-refractivity contribution in [2.75, 3.05) is 0 Å². The van der Waals surface area contributed by atoms with Crippen LogP contribution in [0.25, 0.3) is 0 Å². The molecular weight excluding hydrogens is 151 g/mol. The summed E-state index contributed by atoms with van der Waals surface area (Å²) in [7, 11) is 0.0779. The van der Waals surface area contributed by atoms with E-state index in [1.807, 2.05) is 0 Å². The van der Waals surface area contributed by atoms with Gasteiger partial charge >= 0.3 is 7.12 Å². The predicted octanol–water partition coefficient (Wildman–Crippen LogP) is 2.69. The molecule has 1 fully saturated rings. The lowest BCUT2D eigenvalue weighted by Gasteiger charge is -2.42. The van der Waals surface area contributed by atoms with E-state index in [-0.39, 0.29) is 18.8 Å². The van der Waals surface area contributed by atoms with E-state index >= 15 is 0 Å². The van der Waals surface area contributed by atoms with Crippen molar-refractivity contribution in [2.24, 2.45) is 5.41 Å². The van der Waals surface area contributed by atoms with Gasteiger partial charge in [-0.15, -0.1) is 0 Å². The monoisotopic (exact) mass is 170 g/mol. The molecule has 3 heteroatoms. The van der Waals surface area contributed by atoms with Crippen molar-refractivity contribution in [1.29, 1.82) is 0 Å². The van der Waals surface area contributed by atoms with Gasteiger partial charge < -0.3 is 9.31 Å². The van der Waals surface area contributed by atoms with Gasteiger partial charge in [-0.2, -0.15) is 0 Å². The summed E-state index contributed by atoms with van der Waals surface area (Å²) in [6, 6.07) is 0. The number of rotatable bonds is 3. The molecule has 0 atom stereocenters. The summed E-state index contributed by atoms with van der Waals surface area (Å²) >= 11 is 0. The maximum atomic E-state index is 5.58. The van der Waals surface area contributed by atoms with Gasteiger partial charge in [0.2, 0.25) is 0 Å². The Labute approximate surface area is 75.8 Å². The molecule has 0 bridgehead atoms. The van der Waals surface area contributed by atoms with Crippen LogP contribution in [-0.4, -0.2) is 13.4 Å². The summed E-state index contributed by atoms with van der Waals surface area (Å²) < 4.78 is 11.2. The third kappa shape index (κ3) is 2.49. The van der Waals surface area contributed by atoms with Crippen molar-refractivity contribution in [3.8, 4) is 0 Å². The molecule has 1 rings (SSSR count). The lowest BCUT2D eigenvalue weighted by Crippen LogP contribution is -2.51. The molecule has 0 aromatic rings. The van der Waals surface area contributed by atoms with E-state index in [0.717, 1.165) is 6.32 Å². The molecule has 70 valence electrons. The SMILES string of the molecule is CCCCB1OC(C(C)(C)C)O1. The maximum absolute atomic E-state index is 5.58. The second-order valence-electron chi connectivity index (χ2n) is 4.54. The van der Waals surface area contributed by atoms with E-state index in [9.17, 15) is 0 Å². The van der Waals surface area contributed by atoms with Gasteiger partial charge in [0.25, 0.3) is 0 Å². The zero-order valence-electron chi connectivity index (χ0n) is 8.59. The quantitative estimate of drug-likeness (QED) is 0.606. The molecule has 1 saturated heterocycles. The molecule has 0 spiro atoms. The first-order valence-electron chi connectivity index (χ1n) is 4.85. The highest BCUT2D eigenvalue weighted by Crippen LogP contribution is 2.32. The lowest BCUT2D eigenvalue weighted by molar-refractivity contribution is -0.173. The average Bonchev–Trinajstić information content (AvgIpc) is 1.81. The van der Waals surface area contributed by atoms with E-state index in [1.54, 1.807) is 0 Å². The number of unbranched alkanes of at least 4 members (excludes halogenated alkanes) is 1. The van der Waals surface area contributed by atoms with Gasteiger partial charge in [0.1, 0.15) is 6.29 Å². The van der Waals surface area contributed by atoms with E-state index in [4.69, 9.17) is 9.31 Å². The first kappa shape index (κ1) is 10.1. The molecule has 1 aliphatic heterocycles. The molecule has 0 aromatic heterocycles. The molecular formula is C9H19BO2.